The predicted octanol–water partition coefficient (Wildman–Crippen LogP) is 1.71. The van der Waals surface area contributed by atoms with Gasteiger partial charge in [-0.15, -0.1) is 11.8 Å². The van der Waals surface area contributed by atoms with Crippen LogP contribution in [0.5, 0.6) is 0 Å². The highest BCUT2D eigenvalue weighted by atomic mass is 32.2. The first kappa shape index (κ1) is 12.1. The molecule has 0 saturated carbocycles. The Bertz CT molecular complexity index is 460. The van der Waals surface area contributed by atoms with Gasteiger partial charge >= 0.3 is 0 Å². The van der Waals surface area contributed by atoms with Crippen LogP contribution in [0.3, 0.4) is 0 Å². The molecule has 0 amide bonds. The van der Waals surface area contributed by atoms with Gasteiger partial charge < -0.3 is 10.3 Å². The molecule has 0 radical (unpaired) electrons. The number of thioether (sulfide) groups is 1. The van der Waals surface area contributed by atoms with E-state index < -0.39 is 0 Å². The van der Waals surface area contributed by atoms with Crippen molar-refractivity contribution in [1.82, 2.24) is 15.1 Å². The molecule has 0 aromatic carbocycles. The summed E-state index contributed by atoms with van der Waals surface area (Å²) >= 11 is 1.70. The molecule has 2 aromatic heterocycles. The van der Waals surface area contributed by atoms with Crippen molar-refractivity contribution in [3.8, 4) is 11.5 Å². The van der Waals surface area contributed by atoms with Crippen LogP contribution in [0.15, 0.2) is 28.9 Å². The van der Waals surface area contributed by atoms with Gasteiger partial charge in [0.15, 0.2) is 0 Å². The summed E-state index contributed by atoms with van der Waals surface area (Å²) in [5.74, 6) is 1.82. The van der Waals surface area contributed by atoms with Crippen molar-refractivity contribution >= 4 is 11.8 Å². The van der Waals surface area contributed by atoms with Crippen LogP contribution < -0.4 is 5.73 Å². The Labute approximate surface area is 104 Å². The maximum absolute atomic E-state index is 5.53. The largest absolute Gasteiger partial charge is 0.338 e. The summed E-state index contributed by atoms with van der Waals surface area (Å²) in [5, 5.41) is 4.29. The molecule has 2 N–H and O–H groups in total. The minimum Gasteiger partial charge on any atom is -0.338 e. The summed E-state index contributed by atoms with van der Waals surface area (Å²) in [7, 11) is 0. The van der Waals surface area contributed by atoms with E-state index in [9.17, 15) is 0 Å². The molecule has 5 nitrogen and oxygen atoms in total. The van der Waals surface area contributed by atoms with Crippen molar-refractivity contribution in [1.29, 1.82) is 0 Å². The van der Waals surface area contributed by atoms with E-state index in [4.69, 9.17) is 10.3 Å². The van der Waals surface area contributed by atoms with Gasteiger partial charge in [-0.1, -0.05) is 18.1 Å². The highest BCUT2D eigenvalue weighted by Gasteiger charge is 2.10. The van der Waals surface area contributed by atoms with E-state index in [0.717, 1.165) is 5.69 Å². The van der Waals surface area contributed by atoms with Crippen LogP contribution in [0.1, 0.15) is 12.8 Å². The first-order valence-electron chi connectivity index (χ1n) is 5.35. The normalized spacial score (nSPS) is 12.6. The van der Waals surface area contributed by atoms with Crippen LogP contribution in [0.25, 0.3) is 11.5 Å². The lowest BCUT2D eigenvalue weighted by Crippen LogP contribution is -2.12. The smallest absolute Gasteiger partial charge is 0.237 e. The molecule has 1 unspecified atom stereocenters. The monoisotopic (exact) mass is 250 g/mol. The van der Waals surface area contributed by atoms with Crippen LogP contribution >= 0.6 is 11.8 Å². The quantitative estimate of drug-likeness (QED) is 0.870. The zero-order chi connectivity index (χ0) is 12.1. The Balaban J connectivity index is 2.01. The van der Waals surface area contributed by atoms with Gasteiger partial charge in [0.25, 0.3) is 0 Å². The van der Waals surface area contributed by atoms with Crippen LogP contribution in [-0.2, 0) is 5.75 Å². The summed E-state index contributed by atoms with van der Waals surface area (Å²) in [4.78, 5) is 8.45. The zero-order valence-electron chi connectivity index (χ0n) is 9.54. The van der Waals surface area contributed by atoms with Gasteiger partial charge in [0.2, 0.25) is 11.7 Å². The standard InChI is InChI=1S/C11H14N4OS/c1-8(6-12)17-7-10-14-11(15-16-10)9-4-2-3-5-13-9/h2-5,8H,6-7,12H2,1H3. The molecule has 1 atom stereocenters. The van der Waals surface area contributed by atoms with Crippen LogP contribution in [-0.4, -0.2) is 26.9 Å². The van der Waals surface area contributed by atoms with Crippen molar-refractivity contribution < 1.29 is 4.52 Å². The third-order valence-electron chi connectivity index (χ3n) is 2.19. The number of pyridine rings is 1. The maximum Gasteiger partial charge on any atom is 0.237 e. The average molecular weight is 250 g/mol. The third-order valence-corrected chi connectivity index (χ3v) is 3.36. The molecule has 0 saturated heterocycles. The van der Waals surface area contributed by atoms with Gasteiger partial charge in [-0.3, -0.25) is 4.98 Å². The van der Waals surface area contributed by atoms with E-state index in [1.165, 1.54) is 0 Å². The number of hydrogen-bond acceptors (Lipinski definition) is 6. The van der Waals surface area contributed by atoms with Gasteiger partial charge in [-0.25, -0.2) is 0 Å². The van der Waals surface area contributed by atoms with E-state index >= 15 is 0 Å². The maximum atomic E-state index is 5.53. The fraction of sp³-hybridized carbons (Fsp3) is 0.364. The summed E-state index contributed by atoms with van der Waals surface area (Å²) < 4.78 is 5.15. The van der Waals surface area contributed by atoms with Crippen LogP contribution in [0, 0.1) is 0 Å². The van der Waals surface area contributed by atoms with E-state index in [1.807, 2.05) is 18.2 Å². The molecule has 0 aliphatic carbocycles. The lowest BCUT2D eigenvalue weighted by molar-refractivity contribution is 0.391. The molecule has 90 valence electrons. The molecule has 6 heteroatoms. The SMILES string of the molecule is CC(CN)SCc1nc(-c2ccccn2)no1. The molecule has 2 aromatic rings. The van der Waals surface area contributed by atoms with Gasteiger partial charge in [-0.05, 0) is 12.1 Å². The van der Waals surface area contributed by atoms with Crippen molar-refractivity contribution in [3.05, 3.63) is 30.3 Å². The minimum absolute atomic E-state index is 0.389. The molecular weight excluding hydrogens is 236 g/mol. The van der Waals surface area contributed by atoms with E-state index in [2.05, 4.69) is 22.0 Å². The van der Waals surface area contributed by atoms with Crippen LogP contribution in [0.2, 0.25) is 0 Å². The van der Waals surface area contributed by atoms with Gasteiger partial charge in [0.05, 0.1) is 5.75 Å². The Hall–Kier alpha value is -1.40. The first-order chi connectivity index (χ1) is 8.29. The van der Waals surface area contributed by atoms with Gasteiger partial charge in [-0.2, -0.15) is 4.98 Å². The highest BCUT2D eigenvalue weighted by molar-refractivity contribution is 7.99. The molecule has 2 heterocycles. The molecule has 17 heavy (non-hydrogen) atoms. The van der Waals surface area contributed by atoms with Gasteiger partial charge in [0.1, 0.15) is 5.69 Å². The van der Waals surface area contributed by atoms with Crippen molar-refractivity contribution in [2.45, 2.75) is 17.9 Å². The molecule has 0 aliphatic heterocycles. The Morgan fingerprint density at radius 3 is 3.06 bits per heavy atom. The molecule has 0 fully saturated rings. The van der Waals surface area contributed by atoms with E-state index in [1.54, 1.807) is 18.0 Å². The number of hydrogen-bond donors (Lipinski definition) is 1. The van der Waals surface area contributed by atoms with Crippen molar-refractivity contribution in [3.63, 3.8) is 0 Å². The number of nitrogens with zero attached hydrogens (tertiary/aromatic N) is 3. The number of rotatable bonds is 5. The first-order valence-corrected chi connectivity index (χ1v) is 6.40. The van der Waals surface area contributed by atoms with E-state index in [-0.39, 0.29) is 0 Å². The summed E-state index contributed by atoms with van der Waals surface area (Å²) in [6.07, 6.45) is 1.70. The zero-order valence-corrected chi connectivity index (χ0v) is 10.4. The fourth-order valence-electron chi connectivity index (χ4n) is 1.19. The summed E-state index contributed by atoms with van der Waals surface area (Å²) in [6, 6.07) is 5.59. The predicted molar refractivity (Wildman–Crippen MR) is 67.3 cm³/mol. The third kappa shape index (κ3) is 3.28. The average Bonchev–Trinajstić information content (AvgIpc) is 2.86. The minimum atomic E-state index is 0.389. The lowest BCUT2D eigenvalue weighted by atomic mass is 10.3. The molecule has 0 bridgehead atoms. The molecular formula is C11H14N4OS. The number of aromatic nitrogens is 3. The second kappa shape index (κ2) is 5.79. The molecule has 2 rings (SSSR count). The Kier molecular flexibility index (Phi) is 4.11. The Morgan fingerprint density at radius 2 is 2.35 bits per heavy atom. The van der Waals surface area contributed by atoms with Crippen molar-refractivity contribution in [2.75, 3.05) is 6.54 Å². The lowest BCUT2D eigenvalue weighted by Gasteiger charge is -2.03. The number of nitrogens with two attached hydrogens (primary N) is 1. The summed E-state index contributed by atoms with van der Waals surface area (Å²) in [5.41, 5.74) is 6.26. The fourth-order valence-corrected chi connectivity index (χ4v) is 1.87. The van der Waals surface area contributed by atoms with Crippen LogP contribution in [0.4, 0.5) is 0 Å². The molecule has 0 aliphatic rings. The van der Waals surface area contributed by atoms with Gasteiger partial charge in [0, 0.05) is 18.0 Å². The second-order valence-corrected chi connectivity index (χ2v) is 5.01. The topological polar surface area (TPSA) is 77.8 Å². The second-order valence-electron chi connectivity index (χ2n) is 3.58. The highest BCUT2D eigenvalue weighted by Crippen LogP contribution is 2.18. The molecule has 0 spiro atoms. The Morgan fingerprint density at radius 1 is 1.47 bits per heavy atom. The van der Waals surface area contributed by atoms with E-state index in [0.29, 0.717) is 29.3 Å². The van der Waals surface area contributed by atoms with Crippen molar-refractivity contribution in [2.24, 2.45) is 5.73 Å². The summed E-state index contributed by atoms with van der Waals surface area (Å²) in [6.45, 7) is 2.71.